The van der Waals surface area contributed by atoms with Gasteiger partial charge in [0.25, 0.3) is 0 Å². The van der Waals surface area contributed by atoms with Crippen molar-refractivity contribution >= 4 is 23.5 Å². The molecule has 1 aliphatic rings. The Bertz CT molecular complexity index is 416. The lowest BCUT2D eigenvalue weighted by molar-refractivity contribution is 0.193. The number of likely N-dealkylation sites (tertiary alicyclic amines) is 1. The standard InChI is InChI=1S/C13H19N3OS/c1-18-12-5-3-2-4-11(12)15-10-6-8-16(9-7-10)13(14)17/h2-5,10,15H,6-9H2,1H3,(H2,14,17). The fourth-order valence-electron chi connectivity index (χ4n) is 2.23. The van der Waals surface area contributed by atoms with E-state index in [1.807, 2.05) is 12.1 Å². The molecule has 18 heavy (non-hydrogen) atoms. The van der Waals surface area contributed by atoms with Gasteiger partial charge in [0.1, 0.15) is 0 Å². The highest BCUT2D eigenvalue weighted by Crippen LogP contribution is 2.26. The molecule has 3 N–H and O–H groups in total. The quantitative estimate of drug-likeness (QED) is 0.825. The highest BCUT2D eigenvalue weighted by molar-refractivity contribution is 7.98. The maximum atomic E-state index is 11.0. The van der Waals surface area contributed by atoms with E-state index in [-0.39, 0.29) is 6.03 Å². The van der Waals surface area contributed by atoms with Crippen LogP contribution in [0.25, 0.3) is 0 Å². The number of carbonyl (C=O) groups is 1. The van der Waals surface area contributed by atoms with Gasteiger partial charge in [-0.2, -0.15) is 0 Å². The predicted octanol–water partition coefficient (Wildman–Crippen LogP) is 2.36. The van der Waals surface area contributed by atoms with Gasteiger partial charge in [-0.15, -0.1) is 11.8 Å². The molecule has 98 valence electrons. The van der Waals surface area contributed by atoms with E-state index >= 15 is 0 Å². The molecule has 0 aromatic heterocycles. The molecule has 4 nitrogen and oxygen atoms in total. The number of rotatable bonds is 3. The lowest BCUT2D eigenvalue weighted by Gasteiger charge is -2.32. The predicted molar refractivity (Wildman–Crippen MR) is 76.0 cm³/mol. The number of carbonyl (C=O) groups excluding carboxylic acids is 1. The zero-order valence-electron chi connectivity index (χ0n) is 10.6. The van der Waals surface area contributed by atoms with E-state index in [9.17, 15) is 4.79 Å². The van der Waals surface area contributed by atoms with Gasteiger partial charge in [0.2, 0.25) is 0 Å². The zero-order valence-corrected chi connectivity index (χ0v) is 11.4. The maximum absolute atomic E-state index is 11.0. The second kappa shape index (κ2) is 6.00. The Balaban J connectivity index is 1.93. The van der Waals surface area contributed by atoms with Crippen LogP contribution in [0, 0.1) is 0 Å². The van der Waals surface area contributed by atoms with E-state index in [1.165, 1.54) is 10.6 Å². The summed E-state index contributed by atoms with van der Waals surface area (Å²) in [5, 5.41) is 3.56. The van der Waals surface area contributed by atoms with Gasteiger partial charge in [-0.05, 0) is 31.2 Å². The monoisotopic (exact) mass is 265 g/mol. The molecule has 0 atom stereocenters. The van der Waals surface area contributed by atoms with Crippen LogP contribution in [0.4, 0.5) is 10.5 Å². The number of thioether (sulfide) groups is 1. The second-order valence-electron chi connectivity index (χ2n) is 4.44. The van der Waals surface area contributed by atoms with Crippen LogP contribution in [0.15, 0.2) is 29.2 Å². The van der Waals surface area contributed by atoms with Crippen molar-refractivity contribution < 1.29 is 4.79 Å². The number of hydrogen-bond donors (Lipinski definition) is 2. The van der Waals surface area contributed by atoms with Gasteiger partial charge in [0.15, 0.2) is 0 Å². The van der Waals surface area contributed by atoms with Crippen LogP contribution in [-0.4, -0.2) is 36.3 Å². The number of nitrogens with two attached hydrogens (primary N) is 1. The highest BCUT2D eigenvalue weighted by atomic mass is 32.2. The van der Waals surface area contributed by atoms with Crippen molar-refractivity contribution in [2.45, 2.75) is 23.8 Å². The molecule has 1 heterocycles. The van der Waals surface area contributed by atoms with Gasteiger partial charge < -0.3 is 16.0 Å². The van der Waals surface area contributed by atoms with Gasteiger partial charge in [0, 0.05) is 29.7 Å². The number of urea groups is 1. The number of nitrogens with one attached hydrogen (secondary N) is 1. The Morgan fingerprint density at radius 1 is 1.39 bits per heavy atom. The molecule has 0 radical (unpaired) electrons. The van der Waals surface area contributed by atoms with E-state index in [4.69, 9.17) is 5.73 Å². The number of hydrogen-bond acceptors (Lipinski definition) is 3. The fraction of sp³-hybridized carbons (Fsp3) is 0.462. The Kier molecular flexibility index (Phi) is 4.36. The molecule has 2 rings (SSSR count). The van der Waals surface area contributed by atoms with Crippen molar-refractivity contribution in [2.75, 3.05) is 24.7 Å². The number of benzene rings is 1. The van der Waals surface area contributed by atoms with Crippen molar-refractivity contribution in [1.29, 1.82) is 0 Å². The van der Waals surface area contributed by atoms with Gasteiger partial charge in [-0.3, -0.25) is 0 Å². The Hall–Kier alpha value is -1.36. The summed E-state index contributed by atoms with van der Waals surface area (Å²) < 4.78 is 0. The molecular formula is C13H19N3OS. The zero-order chi connectivity index (χ0) is 13.0. The van der Waals surface area contributed by atoms with Crippen LogP contribution >= 0.6 is 11.8 Å². The minimum Gasteiger partial charge on any atom is -0.381 e. The van der Waals surface area contributed by atoms with Crippen LogP contribution in [-0.2, 0) is 0 Å². The first-order valence-electron chi connectivity index (χ1n) is 6.14. The highest BCUT2D eigenvalue weighted by Gasteiger charge is 2.21. The van der Waals surface area contributed by atoms with Crippen molar-refractivity contribution in [3.63, 3.8) is 0 Å². The molecule has 1 aromatic rings. The molecule has 0 bridgehead atoms. The average Bonchev–Trinajstić information content (AvgIpc) is 2.40. The van der Waals surface area contributed by atoms with E-state index < -0.39 is 0 Å². The summed E-state index contributed by atoms with van der Waals surface area (Å²) in [5.74, 6) is 0. The average molecular weight is 265 g/mol. The topological polar surface area (TPSA) is 58.4 Å². The lowest BCUT2D eigenvalue weighted by atomic mass is 10.0. The van der Waals surface area contributed by atoms with Gasteiger partial charge in [-0.25, -0.2) is 4.79 Å². The minimum atomic E-state index is -0.307. The molecule has 1 saturated heterocycles. The third-order valence-corrected chi connectivity index (χ3v) is 4.07. The third kappa shape index (κ3) is 3.10. The molecule has 2 amide bonds. The summed E-state index contributed by atoms with van der Waals surface area (Å²) in [7, 11) is 0. The Morgan fingerprint density at radius 2 is 2.06 bits per heavy atom. The summed E-state index contributed by atoms with van der Waals surface area (Å²) in [4.78, 5) is 14.0. The Morgan fingerprint density at radius 3 is 2.67 bits per heavy atom. The first-order valence-corrected chi connectivity index (χ1v) is 7.37. The number of anilines is 1. The van der Waals surface area contributed by atoms with Crippen molar-refractivity contribution in [3.05, 3.63) is 24.3 Å². The maximum Gasteiger partial charge on any atom is 0.314 e. The van der Waals surface area contributed by atoms with Gasteiger partial charge in [0.05, 0.1) is 0 Å². The van der Waals surface area contributed by atoms with Crippen LogP contribution < -0.4 is 11.1 Å². The molecule has 0 saturated carbocycles. The van der Waals surface area contributed by atoms with Gasteiger partial charge in [-0.1, -0.05) is 12.1 Å². The van der Waals surface area contributed by atoms with Crippen LogP contribution in [0.3, 0.4) is 0 Å². The molecule has 5 heteroatoms. The van der Waals surface area contributed by atoms with Crippen LogP contribution in [0.5, 0.6) is 0 Å². The summed E-state index contributed by atoms with van der Waals surface area (Å²) >= 11 is 1.74. The smallest absolute Gasteiger partial charge is 0.314 e. The molecule has 1 fully saturated rings. The van der Waals surface area contributed by atoms with Crippen molar-refractivity contribution in [2.24, 2.45) is 5.73 Å². The molecule has 0 spiro atoms. The number of piperidine rings is 1. The summed E-state index contributed by atoms with van der Waals surface area (Å²) in [6, 6.07) is 8.43. The number of para-hydroxylation sites is 1. The van der Waals surface area contributed by atoms with Crippen molar-refractivity contribution in [3.8, 4) is 0 Å². The number of amides is 2. The molecule has 0 aliphatic carbocycles. The summed E-state index contributed by atoms with van der Waals surface area (Å²) in [5.41, 5.74) is 6.46. The minimum absolute atomic E-state index is 0.307. The molecule has 0 unspecified atom stereocenters. The van der Waals surface area contributed by atoms with E-state index in [0.29, 0.717) is 6.04 Å². The Labute approximate surface area is 112 Å². The SMILES string of the molecule is CSc1ccccc1NC1CCN(C(N)=O)CC1. The second-order valence-corrected chi connectivity index (χ2v) is 5.29. The molecule has 1 aromatic carbocycles. The number of nitrogens with zero attached hydrogens (tertiary/aromatic N) is 1. The van der Waals surface area contributed by atoms with E-state index in [0.717, 1.165) is 25.9 Å². The van der Waals surface area contributed by atoms with E-state index in [2.05, 4.69) is 23.7 Å². The van der Waals surface area contributed by atoms with Crippen LogP contribution in [0.1, 0.15) is 12.8 Å². The molecular weight excluding hydrogens is 246 g/mol. The van der Waals surface area contributed by atoms with Gasteiger partial charge >= 0.3 is 6.03 Å². The third-order valence-electron chi connectivity index (χ3n) is 3.27. The first-order chi connectivity index (χ1) is 8.70. The summed E-state index contributed by atoms with van der Waals surface area (Å²) in [6.45, 7) is 1.49. The molecule has 1 aliphatic heterocycles. The van der Waals surface area contributed by atoms with E-state index in [1.54, 1.807) is 16.7 Å². The number of primary amides is 1. The lowest BCUT2D eigenvalue weighted by Crippen LogP contribution is -2.44. The summed E-state index contributed by atoms with van der Waals surface area (Å²) in [6.07, 6.45) is 3.98. The fourth-order valence-corrected chi connectivity index (χ4v) is 2.79. The largest absolute Gasteiger partial charge is 0.381 e. The first kappa shape index (κ1) is 13.1. The normalized spacial score (nSPS) is 16.6. The van der Waals surface area contributed by atoms with Crippen LogP contribution in [0.2, 0.25) is 0 Å². The van der Waals surface area contributed by atoms with Crippen molar-refractivity contribution in [1.82, 2.24) is 4.90 Å².